The van der Waals surface area contributed by atoms with Crippen LogP contribution in [0.4, 0.5) is 0 Å². The van der Waals surface area contributed by atoms with Crippen molar-refractivity contribution in [3.05, 3.63) is 230 Å². The van der Waals surface area contributed by atoms with Gasteiger partial charge in [-0.25, -0.2) is 0 Å². The quantitative estimate of drug-likeness (QED) is 0.150. The van der Waals surface area contributed by atoms with E-state index < -0.39 is 0 Å². The molecule has 4 heterocycles. The molecule has 5 heteroatoms. The Morgan fingerprint density at radius 3 is 1.50 bits per heavy atom. The second-order valence-electron chi connectivity index (χ2n) is 16.2. The van der Waals surface area contributed by atoms with Gasteiger partial charge >= 0.3 is 0 Å². The van der Waals surface area contributed by atoms with Gasteiger partial charge in [-0.15, -0.1) is 0 Å². The molecule has 64 heavy (non-hydrogen) atoms. The van der Waals surface area contributed by atoms with Crippen molar-refractivity contribution in [2.45, 2.75) is 0 Å². The topological polar surface area (TPSA) is 43.6 Å². The van der Waals surface area contributed by atoms with Crippen molar-refractivity contribution >= 4 is 55.0 Å². The Labute approximate surface area is 375 Å². The van der Waals surface area contributed by atoms with Gasteiger partial charge in [0.1, 0.15) is 0 Å². The van der Waals surface area contributed by atoms with E-state index in [1.165, 1.54) is 66.1 Å². The number of benzene rings is 8. The van der Waals surface area contributed by atoms with Crippen molar-refractivity contribution in [3.8, 4) is 72.6 Å². The Kier molecular flexibility index (Phi) is 9.17. The lowest BCUT2D eigenvalue weighted by molar-refractivity contribution is 1.14. The fourth-order valence-electron chi connectivity index (χ4n) is 9.61. The van der Waals surface area contributed by atoms with Gasteiger partial charge in [-0.2, -0.15) is 0 Å². The van der Waals surface area contributed by atoms with Crippen molar-refractivity contribution < 1.29 is 0 Å². The van der Waals surface area contributed by atoms with Crippen molar-refractivity contribution in [2.75, 3.05) is 0 Å². The van der Waals surface area contributed by atoms with E-state index in [4.69, 9.17) is 16.6 Å². The minimum absolute atomic E-state index is 0.579. The lowest BCUT2D eigenvalue weighted by Gasteiger charge is -2.19. The van der Waals surface area contributed by atoms with E-state index in [9.17, 15) is 0 Å². The van der Waals surface area contributed by atoms with Crippen molar-refractivity contribution in [3.63, 3.8) is 0 Å². The molecule has 0 saturated carbocycles. The molecule has 12 aromatic rings. The van der Waals surface area contributed by atoms with Crippen LogP contribution in [0.5, 0.6) is 0 Å². The van der Waals surface area contributed by atoms with Gasteiger partial charge < -0.3 is 4.57 Å². The second kappa shape index (κ2) is 15.6. The maximum absolute atomic E-state index is 6.51. The van der Waals surface area contributed by atoms with Gasteiger partial charge in [0, 0.05) is 41.1 Å². The van der Waals surface area contributed by atoms with Gasteiger partial charge in [0.15, 0.2) is 0 Å². The molecule has 8 aromatic carbocycles. The van der Waals surface area contributed by atoms with Crippen molar-refractivity contribution in [1.82, 2.24) is 19.5 Å². The standard InChI is InChI=1S/C59H37ClN4/c60-47-34-48(37-62-36-47)64-54-26-25-42(33-53(54)58-55(64)27-29-63-59(58)43-16-11-28-61-35-43)40-21-23-41(24-22-40)56-49-17-7-9-19-51(49)57(52-20-10-8-18-50(52)56)46-31-44(38-12-3-1-4-13-38)30-45(32-46)39-14-5-2-6-15-39/h1-37H. The van der Waals surface area contributed by atoms with Crippen molar-refractivity contribution in [1.29, 1.82) is 0 Å². The number of nitrogens with zero attached hydrogens (tertiary/aromatic N) is 4. The number of aromatic nitrogens is 4. The zero-order valence-electron chi connectivity index (χ0n) is 34.5. The Hall–Kier alpha value is -8.18. The van der Waals surface area contributed by atoms with Crippen LogP contribution >= 0.6 is 11.6 Å². The predicted octanol–water partition coefficient (Wildman–Crippen LogP) is 15.9. The molecule has 0 fully saturated rings. The van der Waals surface area contributed by atoms with Gasteiger partial charge in [-0.05, 0) is 132 Å². The van der Waals surface area contributed by atoms with E-state index in [2.05, 4.69) is 197 Å². The zero-order chi connectivity index (χ0) is 42.6. The Morgan fingerprint density at radius 1 is 0.344 bits per heavy atom. The van der Waals surface area contributed by atoms with E-state index in [0.717, 1.165) is 49.9 Å². The largest absolute Gasteiger partial charge is 0.307 e. The summed E-state index contributed by atoms with van der Waals surface area (Å²) in [5.41, 5.74) is 16.6. The summed E-state index contributed by atoms with van der Waals surface area (Å²) in [6.45, 7) is 0. The summed E-state index contributed by atoms with van der Waals surface area (Å²) in [4.78, 5) is 13.8. The lowest BCUT2D eigenvalue weighted by Crippen LogP contribution is -1.95. The summed E-state index contributed by atoms with van der Waals surface area (Å²) in [5.74, 6) is 0. The van der Waals surface area contributed by atoms with Gasteiger partial charge in [0.25, 0.3) is 0 Å². The third-order valence-electron chi connectivity index (χ3n) is 12.4. The Bertz CT molecular complexity index is 3600. The summed E-state index contributed by atoms with van der Waals surface area (Å²) in [5, 5.41) is 7.59. The molecule has 0 aliphatic heterocycles. The zero-order valence-corrected chi connectivity index (χ0v) is 35.3. The molecule has 0 aliphatic rings. The van der Waals surface area contributed by atoms with Crippen LogP contribution in [-0.2, 0) is 0 Å². The van der Waals surface area contributed by atoms with Crippen LogP contribution in [0, 0.1) is 0 Å². The molecular formula is C59H37ClN4. The summed E-state index contributed by atoms with van der Waals surface area (Å²) < 4.78 is 2.22. The van der Waals surface area contributed by atoms with Gasteiger partial charge in [-0.3, -0.25) is 15.0 Å². The Balaban J connectivity index is 1.02. The summed E-state index contributed by atoms with van der Waals surface area (Å²) in [7, 11) is 0. The normalized spacial score (nSPS) is 11.5. The maximum atomic E-state index is 6.51. The van der Waals surface area contributed by atoms with E-state index >= 15 is 0 Å². The molecular weight excluding hydrogens is 800 g/mol. The van der Waals surface area contributed by atoms with Crippen molar-refractivity contribution in [2.24, 2.45) is 0 Å². The number of fused-ring (bicyclic) bond motifs is 5. The van der Waals surface area contributed by atoms with Crippen LogP contribution in [0.15, 0.2) is 225 Å². The summed E-state index contributed by atoms with van der Waals surface area (Å²) >= 11 is 6.51. The molecule has 0 saturated heterocycles. The SMILES string of the molecule is Clc1cncc(-n2c3ccc(-c4ccc(-c5c6ccccc6c(-c6cc(-c7ccccc7)cc(-c7ccccc7)c6)c6ccccc56)cc4)cc3c3c(-c4cccnc4)nccc32)c1. The highest BCUT2D eigenvalue weighted by Gasteiger charge is 2.21. The molecule has 0 aliphatic carbocycles. The smallest absolute Gasteiger partial charge is 0.0817 e. The molecule has 0 unspecified atom stereocenters. The van der Waals surface area contributed by atoms with Crippen LogP contribution < -0.4 is 0 Å². The third-order valence-corrected chi connectivity index (χ3v) is 12.6. The molecule has 0 bridgehead atoms. The van der Waals surface area contributed by atoms with Crippen LogP contribution in [0.2, 0.25) is 5.02 Å². The highest BCUT2D eigenvalue weighted by Crippen LogP contribution is 2.46. The molecule has 0 N–H and O–H groups in total. The highest BCUT2D eigenvalue weighted by atomic mass is 35.5. The average molecular weight is 837 g/mol. The van der Waals surface area contributed by atoms with Gasteiger partial charge in [-0.1, -0.05) is 151 Å². The molecule has 12 rings (SSSR count). The lowest BCUT2D eigenvalue weighted by atomic mass is 9.84. The third kappa shape index (κ3) is 6.43. The van der Waals surface area contributed by atoms with Crippen LogP contribution in [0.1, 0.15) is 0 Å². The number of halogens is 1. The van der Waals surface area contributed by atoms with Gasteiger partial charge in [0.2, 0.25) is 0 Å². The highest BCUT2D eigenvalue weighted by molar-refractivity contribution is 6.30. The summed E-state index contributed by atoms with van der Waals surface area (Å²) in [6, 6.07) is 70.0. The van der Waals surface area contributed by atoms with Crippen LogP contribution in [0.25, 0.3) is 116 Å². The predicted molar refractivity (Wildman–Crippen MR) is 267 cm³/mol. The second-order valence-corrected chi connectivity index (χ2v) is 16.6. The molecule has 0 spiro atoms. The monoisotopic (exact) mass is 836 g/mol. The van der Waals surface area contributed by atoms with Crippen LogP contribution in [-0.4, -0.2) is 19.5 Å². The number of hydrogen-bond acceptors (Lipinski definition) is 3. The summed E-state index contributed by atoms with van der Waals surface area (Å²) in [6.07, 6.45) is 9.04. The number of rotatable bonds is 7. The van der Waals surface area contributed by atoms with E-state index in [-0.39, 0.29) is 0 Å². The molecule has 300 valence electrons. The minimum Gasteiger partial charge on any atom is -0.307 e. The van der Waals surface area contributed by atoms with E-state index in [0.29, 0.717) is 5.02 Å². The first-order valence-electron chi connectivity index (χ1n) is 21.4. The maximum Gasteiger partial charge on any atom is 0.0817 e. The molecule has 4 nitrogen and oxygen atoms in total. The molecule has 0 atom stereocenters. The average Bonchev–Trinajstić information content (AvgIpc) is 3.70. The first kappa shape index (κ1) is 37.6. The molecule has 0 amide bonds. The molecule has 0 radical (unpaired) electrons. The van der Waals surface area contributed by atoms with E-state index in [1.807, 2.05) is 30.7 Å². The van der Waals surface area contributed by atoms with E-state index in [1.54, 1.807) is 12.4 Å². The molecule has 4 aromatic heterocycles. The van der Waals surface area contributed by atoms with Gasteiger partial charge in [0.05, 0.1) is 33.6 Å². The fraction of sp³-hybridized carbons (Fsp3) is 0. The number of hydrogen-bond donors (Lipinski definition) is 0. The number of pyridine rings is 3. The minimum atomic E-state index is 0.579. The first-order chi connectivity index (χ1) is 31.7. The Morgan fingerprint density at radius 2 is 0.891 bits per heavy atom. The fourth-order valence-corrected chi connectivity index (χ4v) is 9.78. The first-order valence-corrected chi connectivity index (χ1v) is 21.8. The van der Waals surface area contributed by atoms with Crippen LogP contribution in [0.3, 0.4) is 0 Å².